The van der Waals surface area contributed by atoms with E-state index in [0.717, 1.165) is 31.2 Å². The van der Waals surface area contributed by atoms with Gasteiger partial charge in [-0.2, -0.15) is 0 Å². The molecule has 3 rings (SSSR count). The van der Waals surface area contributed by atoms with E-state index in [9.17, 15) is 9.59 Å². The van der Waals surface area contributed by atoms with Gasteiger partial charge >= 0.3 is 5.97 Å². The molecule has 128 valence electrons. The maximum absolute atomic E-state index is 12.4. The van der Waals surface area contributed by atoms with E-state index in [0.29, 0.717) is 22.2 Å². The summed E-state index contributed by atoms with van der Waals surface area (Å²) in [6.45, 7) is 3.97. The average molecular weight is 347 g/mol. The van der Waals surface area contributed by atoms with E-state index >= 15 is 0 Å². The smallest absolute Gasteiger partial charge is 0.341 e. The van der Waals surface area contributed by atoms with Crippen molar-refractivity contribution < 1.29 is 18.7 Å². The van der Waals surface area contributed by atoms with E-state index < -0.39 is 5.97 Å². The Morgan fingerprint density at radius 3 is 2.83 bits per heavy atom. The van der Waals surface area contributed by atoms with Crippen LogP contribution in [0.1, 0.15) is 56.9 Å². The lowest BCUT2D eigenvalue weighted by Crippen LogP contribution is -2.16. The first-order valence-corrected chi connectivity index (χ1v) is 8.95. The summed E-state index contributed by atoms with van der Waals surface area (Å²) < 4.78 is 10.3. The number of carbonyl (C=O) groups excluding carboxylic acids is 2. The molecule has 0 saturated heterocycles. The van der Waals surface area contributed by atoms with Crippen LogP contribution in [-0.4, -0.2) is 19.0 Å². The Morgan fingerprint density at radius 1 is 1.42 bits per heavy atom. The second-order valence-electron chi connectivity index (χ2n) is 6.08. The van der Waals surface area contributed by atoms with Crippen LogP contribution < -0.4 is 5.32 Å². The molecule has 1 aliphatic rings. The molecule has 0 bridgehead atoms. The molecule has 5 nitrogen and oxygen atoms in total. The summed E-state index contributed by atoms with van der Waals surface area (Å²) >= 11 is 1.48. The molecule has 0 fully saturated rings. The summed E-state index contributed by atoms with van der Waals surface area (Å²) in [4.78, 5) is 25.8. The highest BCUT2D eigenvalue weighted by Gasteiger charge is 2.30. The van der Waals surface area contributed by atoms with Gasteiger partial charge in [-0.15, -0.1) is 11.3 Å². The Balaban J connectivity index is 1.93. The minimum Gasteiger partial charge on any atom is -0.465 e. The Labute approximate surface area is 145 Å². The zero-order valence-corrected chi connectivity index (χ0v) is 14.9. The minimum absolute atomic E-state index is 0.237. The predicted octanol–water partition coefficient (Wildman–Crippen LogP) is 4.20. The van der Waals surface area contributed by atoms with E-state index in [2.05, 4.69) is 12.2 Å². The van der Waals surface area contributed by atoms with Gasteiger partial charge in [0, 0.05) is 4.88 Å². The molecule has 1 N–H and O–H groups in total. The second-order valence-corrected chi connectivity index (χ2v) is 7.19. The molecule has 1 amide bonds. The van der Waals surface area contributed by atoms with Crippen molar-refractivity contribution in [2.24, 2.45) is 5.92 Å². The third-order valence-corrected chi connectivity index (χ3v) is 5.70. The number of ether oxygens (including phenoxy) is 1. The number of fused-ring (bicyclic) bond motifs is 1. The van der Waals surface area contributed by atoms with Gasteiger partial charge in [-0.25, -0.2) is 4.79 Å². The number of amides is 1. The molecule has 0 saturated carbocycles. The number of carbonyl (C=O) groups is 2. The van der Waals surface area contributed by atoms with Gasteiger partial charge in [0.2, 0.25) is 0 Å². The molecular formula is C18H21NO4S. The minimum atomic E-state index is -0.395. The number of methoxy groups -OCH3 is 1. The Morgan fingerprint density at radius 2 is 2.21 bits per heavy atom. The van der Waals surface area contributed by atoms with Crippen molar-refractivity contribution in [2.75, 3.05) is 12.4 Å². The van der Waals surface area contributed by atoms with Crippen LogP contribution in [0.3, 0.4) is 0 Å². The van der Waals surface area contributed by atoms with Crippen LogP contribution in [0.4, 0.5) is 5.00 Å². The Hall–Kier alpha value is -2.08. The lowest BCUT2D eigenvalue weighted by atomic mass is 9.86. The molecule has 2 aromatic heterocycles. The van der Waals surface area contributed by atoms with Gasteiger partial charge in [-0.05, 0) is 49.8 Å². The molecule has 0 unspecified atom stereocenters. The summed E-state index contributed by atoms with van der Waals surface area (Å²) in [5, 5.41) is 3.39. The van der Waals surface area contributed by atoms with Gasteiger partial charge in [-0.3, -0.25) is 4.79 Å². The third kappa shape index (κ3) is 3.11. The van der Waals surface area contributed by atoms with Crippen molar-refractivity contribution in [3.05, 3.63) is 39.7 Å². The van der Waals surface area contributed by atoms with Crippen LogP contribution in [0.15, 0.2) is 16.5 Å². The molecule has 24 heavy (non-hydrogen) atoms. The number of anilines is 1. The van der Waals surface area contributed by atoms with Crippen LogP contribution in [-0.2, 0) is 17.6 Å². The summed E-state index contributed by atoms with van der Waals surface area (Å²) in [7, 11) is 1.37. The maximum Gasteiger partial charge on any atom is 0.341 e. The zero-order valence-electron chi connectivity index (χ0n) is 14.1. The summed E-state index contributed by atoms with van der Waals surface area (Å²) in [6.07, 6.45) is 3.99. The van der Waals surface area contributed by atoms with Crippen LogP contribution >= 0.6 is 11.3 Å². The lowest BCUT2D eigenvalue weighted by Gasteiger charge is -2.20. The maximum atomic E-state index is 12.4. The molecule has 6 heteroatoms. The van der Waals surface area contributed by atoms with Gasteiger partial charge in [0.15, 0.2) is 5.76 Å². The largest absolute Gasteiger partial charge is 0.465 e. The summed E-state index contributed by atoms with van der Waals surface area (Å²) in [6, 6.07) is 3.37. The topological polar surface area (TPSA) is 68.5 Å². The van der Waals surface area contributed by atoms with Crippen LogP contribution in [0.5, 0.6) is 0 Å². The fourth-order valence-electron chi connectivity index (χ4n) is 3.13. The van der Waals surface area contributed by atoms with Crippen LogP contribution in [0, 0.1) is 12.8 Å². The van der Waals surface area contributed by atoms with Crippen molar-refractivity contribution in [2.45, 2.75) is 39.5 Å². The predicted molar refractivity (Wildman–Crippen MR) is 92.9 cm³/mol. The van der Waals surface area contributed by atoms with Crippen LogP contribution in [0.25, 0.3) is 0 Å². The van der Waals surface area contributed by atoms with E-state index in [-0.39, 0.29) is 11.7 Å². The Bertz CT molecular complexity index is 774. The average Bonchev–Trinajstić information content (AvgIpc) is 3.16. The number of hydrogen-bond donors (Lipinski definition) is 1. The molecule has 0 aliphatic heterocycles. The van der Waals surface area contributed by atoms with E-state index in [1.807, 2.05) is 0 Å². The van der Waals surface area contributed by atoms with Gasteiger partial charge in [-0.1, -0.05) is 13.3 Å². The molecule has 1 atom stereocenters. The number of esters is 1. The van der Waals surface area contributed by atoms with Gasteiger partial charge in [0.25, 0.3) is 5.91 Å². The normalized spacial score (nSPS) is 16.5. The molecule has 0 spiro atoms. The fraction of sp³-hybridized carbons (Fsp3) is 0.444. The van der Waals surface area contributed by atoms with Gasteiger partial charge < -0.3 is 14.5 Å². The first-order valence-electron chi connectivity index (χ1n) is 8.14. The molecule has 2 heterocycles. The summed E-state index contributed by atoms with van der Waals surface area (Å²) in [5.74, 6) is 0.802. The van der Waals surface area contributed by atoms with Crippen molar-refractivity contribution in [1.29, 1.82) is 0 Å². The number of thiophene rings is 1. The molecular weight excluding hydrogens is 326 g/mol. The molecule has 0 radical (unpaired) electrons. The van der Waals surface area contributed by atoms with Crippen LogP contribution in [0.2, 0.25) is 0 Å². The second kappa shape index (κ2) is 6.81. The highest BCUT2D eigenvalue weighted by atomic mass is 32.1. The van der Waals surface area contributed by atoms with Crippen molar-refractivity contribution in [3.63, 3.8) is 0 Å². The number of furan rings is 1. The van der Waals surface area contributed by atoms with Gasteiger partial charge in [0.05, 0.1) is 12.7 Å². The monoisotopic (exact) mass is 347 g/mol. The van der Waals surface area contributed by atoms with E-state index in [4.69, 9.17) is 9.15 Å². The van der Waals surface area contributed by atoms with E-state index in [1.165, 1.54) is 23.3 Å². The quantitative estimate of drug-likeness (QED) is 0.842. The number of rotatable bonds is 4. The number of aryl methyl sites for hydroxylation is 1. The molecule has 1 aliphatic carbocycles. The van der Waals surface area contributed by atoms with Crippen molar-refractivity contribution in [3.8, 4) is 0 Å². The van der Waals surface area contributed by atoms with Crippen molar-refractivity contribution in [1.82, 2.24) is 0 Å². The summed E-state index contributed by atoms with van der Waals surface area (Å²) in [5.41, 5.74) is 1.53. The number of hydrogen-bond acceptors (Lipinski definition) is 5. The first-order chi connectivity index (χ1) is 11.5. The fourth-order valence-corrected chi connectivity index (χ4v) is 4.48. The SMILES string of the molecule is CC[C@H]1CCc2c(sc(NC(=O)c3ccc(C)o3)c2C(=O)OC)C1. The standard InChI is InChI=1S/C18H21NO4S/c1-4-11-6-7-12-14(9-11)24-17(15(12)18(21)22-3)19-16(20)13-8-5-10(2)23-13/h5,8,11H,4,6-7,9H2,1-3H3,(H,19,20)/t11-/m0/s1. The highest BCUT2D eigenvalue weighted by Crippen LogP contribution is 2.40. The lowest BCUT2D eigenvalue weighted by molar-refractivity contribution is 0.0601. The highest BCUT2D eigenvalue weighted by molar-refractivity contribution is 7.17. The molecule has 2 aromatic rings. The third-order valence-electron chi connectivity index (χ3n) is 4.53. The van der Waals surface area contributed by atoms with Crippen molar-refractivity contribution >= 4 is 28.2 Å². The first kappa shape index (κ1) is 16.8. The number of nitrogens with one attached hydrogen (secondary N) is 1. The zero-order chi connectivity index (χ0) is 17.3. The molecule has 0 aromatic carbocycles. The Kier molecular flexibility index (Phi) is 4.76. The van der Waals surface area contributed by atoms with E-state index in [1.54, 1.807) is 19.1 Å². The van der Waals surface area contributed by atoms with Gasteiger partial charge in [0.1, 0.15) is 10.8 Å².